The van der Waals surface area contributed by atoms with Crippen LogP contribution in [0.4, 0.5) is 0 Å². The molecule has 2 aromatic rings. The molecule has 0 bridgehead atoms. The molecule has 0 unspecified atom stereocenters. The lowest BCUT2D eigenvalue weighted by Gasteiger charge is -2.27. The van der Waals surface area contributed by atoms with E-state index in [2.05, 4.69) is 46.3 Å². The number of nitrogens with one attached hydrogen (secondary N) is 1. The zero-order valence-electron chi connectivity index (χ0n) is 16.1. The van der Waals surface area contributed by atoms with Crippen LogP contribution in [0.25, 0.3) is 0 Å². The summed E-state index contributed by atoms with van der Waals surface area (Å²) in [7, 11) is 0. The molecule has 5 nitrogen and oxygen atoms in total. The summed E-state index contributed by atoms with van der Waals surface area (Å²) in [5.41, 5.74) is 2.84. The summed E-state index contributed by atoms with van der Waals surface area (Å²) < 4.78 is 5.84. The van der Waals surface area contributed by atoms with Crippen LogP contribution in [0, 0.1) is 0 Å². The van der Waals surface area contributed by atoms with E-state index < -0.39 is 0 Å². The minimum absolute atomic E-state index is 0.104. The van der Waals surface area contributed by atoms with E-state index in [0.717, 1.165) is 51.3 Å². The first kappa shape index (κ1) is 18.3. The Balaban J connectivity index is 1.30. The van der Waals surface area contributed by atoms with Gasteiger partial charge in [-0.1, -0.05) is 31.2 Å². The molecule has 1 saturated heterocycles. The van der Waals surface area contributed by atoms with Crippen molar-refractivity contribution in [2.75, 3.05) is 26.2 Å². The maximum absolute atomic E-state index is 12.4. The Morgan fingerprint density at radius 2 is 2.04 bits per heavy atom. The maximum Gasteiger partial charge on any atom is 0.287 e. The van der Waals surface area contributed by atoms with Gasteiger partial charge >= 0.3 is 0 Å². The molecule has 1 amide bonds. The van der Waals surface area contributed by atoms with Crippen molar-refractivity contribution in [3.05, 3.63) is 59.0 Å². The first-order chi connectivity index (χ1) is 13.2. The highest BCUT2D eigenvalue weighted by atomic mass is 16.4. The van der Waals surface area contributed by atoms with Gasteiger partial charge in [0.2, 0.25) is 0 Å². The van der Waals surface area contributed by atoms with Crippen LogP contribution in [-0.4, -0.2) is 47.9 Å². The Kier molecular flexibility index (Phi) is 5.60. The molecule has 3 heterocycles. The zero-order chi connectivity index (χ0) is 18.6. The molecule has 1 aromatic heterocycles. The molecule has 0 saturated carbocycles. The number of amides is 1. The number of hydrogen-bond donors (Lipinski definition) is 1. The van der Waals surface area contributed by atoms with E-state index >= 15 is 0 Å². The van der Waals surface area contributed by atoms with Gasteiger partial charge in [-0.2, -0.15) is 0 Å². The van der Waals surface area contributed by atoms with Crippen LogP contribution in [0.1, 0.15) is 47.2 Å². The third-order valence-corrected chi connectivity index (χ3v) is 5.88. The van der Waals surface area contributed by atoms with Crippen LogP contribution in [-0.2, 0) is 19.5 Å². The SMILES string of the molecule is CCN1CCC[C@H]1CNC(=O)c1ccc(CN2CCc3ccccc3C2)o1. The van der Waals surface area contributed by atoms with E-state index in [0.29, 0.717) is 18.3 Å². The monoisotopic (exact) mass is 367 g/mol. The number of likely N-dealkylation sites (N-methyl/N-ethyl adjacent to an activating group) is 1. The second-order valence-corrected chi connectivity index (χ2v) is 7.63. The standard InChI is InChI=1S/C22H29N3O2/c1-2-25-12-5-8-19(25)14-23-22(26)21-10-9-20(27-21)16-24-13-11-17-6-3-4-7-18(17)15-24/h3-4,6-7,9-10,19H,2,5,8,11-16H2,1H3,(H,23,26)/t19-/m0/s1. The van der Waals surface area contributed by atoms with Crippen LogP contribution in [0.2, 0.25) is 0 Å². The Morgan fingerprint density at radius 3 is 2.89 bits per heavy atom. The number of carbonyl (C=O) groups excluding carboxylic acids is 1. The minimum atomic E-state index is -0.104. The first-order valence-electron chi connectivity index (χ1n) is 10.1. The highest BCUT2D eigenvalue weighted by molar-refractivity contribution is 5.91. The van der Waals surface area contributed by atoms with E-state index in [4.69, 9.17) is 4.42 Å². The number of fused-ring (bicyclic) bond motifs is 1. The van der Waals surface area contributed by atoms with Crippen molar-refractivity contribution in [1.82, 2.24) is 15.1 Å². The van der Waals surface area contributed by atoms with Crippen molar-refractivity contribution in [3.63, 3.8) is 0 Å². The average molecular weight is 367 g/mol. The highest BCUT2D eigenvalue weighted by Gasteiger charge is 2.24. The van der Waals surface area contributed by atoms with Gasteiger partial charge in [-0.25, -0.2) is 0 Å². The summed E-state index contributed by atoms with van der Waals surface area (Å²) in [5.74, 6) is 1.17. The number of nitrogens with zero attached hydrogens (tertiary/aromatic N) is 2. The predicted octanol–water partition coefficient (Wildman–Crippen LogP) is 3.05. The summed E-state index contributed by atoms with van der Waals surface area (Å²) in [6, 6.07) is 12.8. The third kappa shape index (κ3) is 4.25. The van der Waals surface area contributed by atoms with E-state index in [-0.39, 0.29) is 5.91 Å². The number of likely N-dealkylation sites (tertiary alicyclic amines) is 1. The molecule has 2 aliphatic heterocycles. The number of benzene rings is 1. The van der Waals surface area contributed by atoms with Gasteiger partial charge in [0.15, 0.2) is 5.76 Å². The first-order valence-corrected chi connectivity index (χ1v) is 10.1. The van der Waals surface area contributed by atoms with E-state index in [1.54, 1.807) is 6.07 Å². The molecule has 0 spiro atoms. The third-order valence-electron chi connectivity index (χ3n) is 5.88. The van der Waals surface area contributed by atoms with E-state index in [9.17, 15) is 4.79 Å². The van der Waals surface area contributed by atoms with Crippen molar-refractivity contribution in [3.8, 4) is 0 Å². The maximum atomic E-state index is 12.4. The highest BCUT2D eigenvalue weighted by Crippen LogP contribution is 2.21. The lowest BCUT2D eigenvalue weighted by molar-refractivity contribution is 0.0909. The molecule has 5 heteroatoms. The molecule has 4 rings (SSSR count). The molecule has 0 radical (unpaired) electrons. The average Bonchev–Trinajstić information content (AvgIpc) is 3.35. The van der Waals surface area contributed by atoms with Crippen LogP contribution in [0.3, 0.4) is 0 Å². The normalized spacial score (nSPS) is 20.6. The number of carbonyl (C=O) groups is 1. The fourth-order valence-corrected chi connectivity index (χ4v) is 4.33. The second kappa shape index (κ2) is 8.28. The topological polar surface area (TPSA) is 48.7 Å². The van der Waals surface area contributed by atoms with Crippen LogP contribution in [0.5, 0.6) is 0 Å². The summed E-state index contributed by atoms with van der Waals surface area (Å²) in [5, 5.41) is 3.05. The number of furan rings is 1. The van der Waals surface area contributed by atoms with Crippen LogP contribution in [0.15, 0.2) is 40.8 Å². The molecule has 1 atom stereocenters. The van der Waals surface area contributed by atoms with Gasteiger partial charge in [-0.3, -0.25) is 14.6 Å². The van der Waals surface area contributed by atoms with E-state index in [1.807, 2.05) is 6.07 Å². The van der Waals surface area contributed by atoms with Crippen LogP contribution < -0.4 is 5.32 Å². The van der Waals surface area contributed by atoms with Crippen molar-refractivity contribution in [1.29, 1.82) is 0 Å². The lowest BCUT2D eigenvalue weighted by Crippen LogP contribution is -2.39. The molecule has 0 aliphatic carbocycles. The molecule has 2 aliphatic rings. The lowest BCUT2D eigenvalue weighted by atomic mass is 10.00. The van der Waals surface area contributed by atoms with Gasteiger partial charge in [-0.05, 0) is 55.6 Å². The van der Waals surface area contributed by atoms with Gasteiger partial charge in [0, 0.05) is 25.7 Å². The van der Waals surface area contributed by atoms with Crippen molar-refractivity contribution >= 4 is 5.91 Å². The van der Waals surface area contributed by atoms with Gasteiger partial charge < -0.3 is 9.73 Å². The van der Waals surface area contributed by atoms with Crippen LogP contribution >= 0.6 is 0 Å². The Morgan fingerprint density at radius 1 is 1.19 bits per heavy atom. The van der Waals surface area contributed by atoms with Gasteiger partial charge in [0.25, 0.3) is 5.91 Å². The van der Waals surface area contributed by atoms with Crippen molar-refractivity contribution in [2.24, 2.45) is 0 Å². The van der Waals surface area contributed by atoms with E-state index in [1.165, 1.54) is 17.5 Å². The van der Waals surface area contributed by atoms with Gasteiger partial charge in [0.05, 0.1) is 6.54 Å². The molecule has 144 valence electrons. The van der Waals surface area contributed by atoms with Crippen molar-refractivity contribution < 1.29 is 9.21 Å². The summed E-state index contributed by atoms with van der Waals surface area (Å²) in [6.45, 7) is 7.77. The molecule has 1 N–H and O–H groups in total. The molecular weight excluding hydrogens is 338 g/mol. The quantitative estimate of drug-likeness (QED) is 0.853. The predicted molar refractivity (Wildman–Crippen MR) is 106 cm³/mol. The molecule has 27 heavy (non-hydrogen) atoms. The fourth-order valence-electron chi connectivity index (χ4n) is 4.33. The van der Waals surface area contributed by atoms with Crippen molar-refractivity contribution in [2.45, 2.75) is 45.3 Å². The number of rotatable bonds is 6. The summed E-state index contributed by atoms with van der Waals surface area (Å²) in [4.78, 5) is 17.2. The largest absolute Gasteiger partial charge is 0.455 e. The van der Waals surface area contributed by atoms with Gasteiger partial charge in [0.1, 0.15) is 5.76 Å². The summed E-state index contributed by atoms with van der Waals surface area (Å²) in [6.07, 6.45) is 3.45. The molecule has 1 fully saturated rings. The Bertz CT molecular complexity index is 785. The van der Waals surface area contributed by atoms with Gasteiger partial charge in [-0.15, -0.1) is 0 Å². The molecule has 1 aromatic carbocycles. The smallest absolute Gasteiger partial charge is 0.287 e. The molecular formula is C22H29N3O2. The minimum Gasteiger partial charge on any atom is -0.455 e. The fraction of sp³-hybridized carbons (Fsp3) is 0.500. The zero-order valence-corrected chi connectivity index (χ0v) is 16.1. The second-order valence-electron chi connectivity index (χ2n) is 7.63. The number of hydrogen-bond acceptors (Lipinski definition) is 4. The summed E-state index contributed by atoms with van der Waals surface area (Å²) >= 11 is 0. The Hall–Kier alpha value is -2.11. The Labute approximate surface area is 161 Å².